The van der Waals surface area contributed by atoms with Crippen molar-refractivity contribution in [1.29, 1.82) is 0 Å². The van der Waals surface area contributed by atoms with Gasteiger partial charge < -0.3 is 4.74 Å². The highest BCUT2D eigenvalue weighted by molar-refractivity contribution is 6.48. The van der Waals surface area contributed by atoms with E-state index < -0.39 is 52.3 Å². The van der Waals surface area contributed by atoms with Crippen LogP contribution in [0.3, 0.4) is 0 Å². The molecule has 2 N–H and O–H groups in total. The standard InChI is InChI=1S/C23H14Cl3F7N4O2/c1-39-12-8-34-21(35-9-12)37-36-20(38)13-3-2-10(4-15(13)23(31,32)33)18(27)7-14(22(28,29)30)11-5-16(24)19(26)17(25)6-11/h2-9,14H,1H3,(H,36,38)(H,34,35,37)/b18-7-. The van der Waals surface area contributed by atoms with Crippen molar-refractivity contribution < 1.29 is 40.3 Å². The number of nitrogens with zero attached hydrogens (tertiary/aromatic N) is 2. The summed E-state index contributed by atoms with van der Waals surface area (Å²) in [6.45, 7) is 0. The lowest BCUT2D eigenvalue weighted by Crippen LogP contribution is -2.32. The molecule has 1 heterocycles. The molecule has 16 heteroatoms. The number of hydrogen-bond donors (Lipinski definition) is 2. The number of allylic oxidation sites excluding steroid dienone is 1. The predicted octanol–water partition coefficient (Wildman–Crippen LogP) is 7.88. The monoisotopic (exact) mass is 616 g/mol. The first-order valence-electron chi connectivity index (χ1n) is 10.3. The van der Waals surface area contributed by atoms with E-state index in [9.17, 15) is 35.5 Å². The number of hydrogen-bond acceptors (Lipinski definition) is 5. The zero-order valence-corrected chi connectivity index (χ0v) is 21.5. The third-order valence-corrected chi connectivity index (χ3v) is 6.22. The molecule has 0 fully saturated rings. The molecule has 2 aromatic carbocycles. The lowest BCUT2D eigenvalue weighted by molar-refractivity contribution is -0.140. The number of rotatable bonds is 7. The fraction of sp³-hybridized carbons (Fsp3) is 0.174. The normalized spacial score (nSPS) is 13.2. The Kier molecular flexibility index (Phi) is 9.19. The van der Waals surface area contributed by atoms with Crippen LogP contribution in [0.25, 0.3) is 5.83 Å². The Balaban J connectivity index is 1.95. The van der Waals surface area contributed by atoms with Crippen molar-refractivity contribution in [3.63, 3.8) is 0 Å². The van der Waals surface area contributed by atoms with Crippen LogP contribution in [0.2, 0.25) is 15.1 Å². The van der Waals surface area contributed by atoms with Gasteiger partial charge in [-0.05, 0) is 35.9 Å². The molecule has 1 atom stereocenters. The molecule has 0 saturated carbocycles. The lowest BCUT2D eigenvalue weighted by Gasteiger charge is -2.19. The molecule has 1 unspecified atom stereocenters. The summed E-state index contributed by atoms with van der Waals surface area (Å²) in [4.78, 5) is 19.9. The summed E-state index contributed by atoms with van der Waals surface area (Å²) in [7, 11) is 1.35. The van der Waals surface area contributed by atoms with Gasteiger partial charge >= 0.3 is 12.4 Å². The molecule has 3 aromatic rings. The highest BCUT2D eigenvalue weighted by atomic mass is 35.5. The van der Waals surface area contributed by atoms with E-state index in [1.807, 2.05) is 5.43 Å². The van der Waals surface area contributed by atoms with E-state index in [1.165, 1.54) is 19.5 Å². The van der Waals surface area contributed by atoms with Gasteiger partial charge in [0.2, 0.25) is 5.95 Å². The summed E-state index contributed by atoms with van der Waals surface area (Å²) in [5.74, 6) is -5.52. The zero-order valence-electron chi connectivity index (χ0n) is 19.2. The molecule has 208 valence electrons. The van der Waals surface area contributed by atoms with Gasteiger partial charge in [0.1, 0.15) is 11.7 Å². The number of methoxy groups -OCH3 is 1. The van der Waals surface area contributed by atoms with Gasteiger partial charge in [0.25, 0.3) is 5.91 Å². The van der Waals surface area contributed by atoms with Crippen LogP contribution in [0, 0.1) is 0 Å². The van der Waals surface area contributed by atoms with Crippen molar-refractivity contribution in [2.45, 2.75) is 18.3 Å². The van der Waals surface area contributed by atoms with E-state index in [2.05, 4.69) is 15.4 Å². The smallest absolute Gasteiger partial charge is 0.417 e. The van der Waals surface area contributed by atoms with Gasteiger partial charge in [0.15, 0.2) is 5.75 Å². The van der Waals surface area contributed by atoms with Gasteiger partial charge in [-0.2, -0.15) is 26.3 Å². The molecule has 1 aromatic heterocycles. The van der Waals surface area contributed by atoms with Crippen molar-refractivity contribution in [2.24, 2.45) is 0 Å². The number of nitrogens with one attached hydrogen (secondary N) is 2. The molecule has 0 saturated heterocycles. The first-order valence-corrected chi connectivity index (χ1v) is 11.5. The number of halogens is 10. The minimum absolute atomic E-state index is 0.0632. The molecule has 39 heavy (non-hydrogen) atoms. The zero-order chi connectivity index (χ0) is 29.1. The molecule has 6 nitrogen and oxygen atoms in total. The Morgan fingerprint density at radius 2 is 1.59 bits per heavy atom. The van der Waals surface area contributed by atoms with Crippen LogP contribution in [0.15, 0.2) is 48.8 Å². The van der Waals surface area contributed by atoms with Crippen LogP contribution in [0.1, 0.15) is 33.0 Å². The summed E-state index contributed by atoms with van der Waals surface area (Å²) >= 11 is 17.3. The molecular weight excluding hydrogens is 604 g/mol. The molecule has 3 rings (SSSR count). The van der Waals surface area contributed by atoms with E-state index >= 15 is 0 Å². The Morgan fingerprint density at radius 3 is 2.10 bits per heavy atom. The van der Waals surface area contributed by atoms with Gasteiger partial charge in [-0.25, -0.2) is 14.4 Å². The maximum atomic E-state index is 15.0. The second-order valence-electron chi connectivity index (χ2n) is 7.62. The molecule has 0 radical (unpaired) electrons. The van der Waals surface area contributed by atoms with Crippen LogP contribution < -0.4 is 15.6 Å². The van der Waals surface area contributed by atoms with E-state index in [0.717, 1.165) is 18.2 Å². The minimum atomic E-state index is -5.18. The van der Waals surface area contributed by atoms with Crippen molar-refractivity contribution in [3.8, 4) is 5.75 Å². The third kappa shape index (κ3) is 7.43. The fourth-order valence-corrected chi connectivity index (χ4v) is 3.78. The van der Waals surface area contributed by atoms with Crippen LogP contribution >= 0.6 is 34.8 Å². The third-order valence-electron chi connectivity index (χ3n) is 5.03. The van der Waals surface area contributed by atoms with Gasteiger partial charge in [-0.15, -0.1) is 0 Å². The second-order valence-corrected chi connectivity index (χ2v) is 8.81. The van der Waals surface area contributed by atoms with Crippen molar-refractivity contribution >= 4 is 52.5 Å². The van der Waals surface area contributed by atoms with Crippen molar-refractivity contribution in [2.75, 3.05) is 12.5 Å². The van der Waals surface area contributed by atoms with Gasteiger partial charge in [-0.3, -0.25) is 15.6 Å². The molecule has 0 aliphatic rings. The number of anilines is 1. The lowest BCUT2D eigenvalue weighted by atomic mass is 9.95. The summed E-state index contributed by atoms with van der Waals surface area (Å²) in [6, 6.07) is 3.16. The highest BCUT2D eigenvalue weighted by Crippen LogP contribution is 2.42. The molecule has 0 spiro atoms. The second kappa shape index (κ2) is 11.8. The Morgan fingerprint density at radius 1 is 1.00 bits per heavy atom. The highest BCUT2D eigenvalue weighted by Gasteiger charge is 2.41. The van der Waals surface area contributed by atoms with Crippen LogP contribution in [0.4, 0.5) is 36.7 Å². The molecule has 0 bridgehead atoms. The number of benzene rings is 2. The number of carbonyl (C=O) groups excluding carboxylic acids is 1. The van der Waals surface area contributed by atoms with Gasteiger partial charge in [0, 0.05) is 5.56 Å². The molecule has 0 aliphatic carbocycles. The summed E-state index contributed by atoms with van der Waals surface area (Å²) < 4.78 is 102. The number of amides is 1. The maximum absolute atomic E-state index is 15.0. The quantitative estimate of drug-likeness (QED) is 0.160. The SMILES string of the molecule is COc1cnc(NNC(=O)c2ccc(/C(F)=C/C(c3cc(Cl)c(Cl)c(Cl)c3)C(F)(F)F)cc2C(F)(F)F)nc1. The number of ether oxygens (including phenoxy) is 1. The number of alkyl halides is 6. The fourth-order valence-electron chi connectivity index (χ4n) is 3.17. The average Bonchev–Trinajstić information content (AvgIpc) is 2.87. The van der Waals surface area contributed by atoms with Crippen LogP contribution in [-0.2, 0) is 6.18 Å². The van der Waals surface area contributed by atoms with Crippen LogP contribution in [0.5, 0.6) is 5.75 Å². The molecule has 0 aliphatic heterocycles. The Bertz CT molecular complexity index is 1370. The summed E-state index contributed by atoms with van der Waals surface area (Å²) in [6.07, 6.45) is -7.77. The van der Waals surface area contributed by atoms with E-state index in [-0.39, 0.29) is 38.9 Å². The summed E-state index contributed by atoms with van der Waals surface area (Å²) in [5.41, 5.74) is 0.116. The topological polar surface area (TPSA) is 76.1 Å². The maximum Gasteiger partial charge on any atom is 0.417 e. The van der Waals surface area contributed by atoms with Gasteiger partial charge in [-0.1, -0.05) is 40.9 Å². The minimum Gasteiger partial charge on any atom is -0.494 e. The van der Waals surface area contributed by atoms with Crippen molar-refractivity contribution in [1.82, 2.24) is 15.4 Å². The van der Waals surface area contributed by atoms with Crippen molar-refractivity contribution in [3.05, 3.63) is 86.1 Å². The average molecular weight is 618 g/mol. The molecule has 1 amide bonds. The van der Waals surface area contributed by atoms with Gasteiger partial charge in [0.05, 0.1) is 45.7 Å². The predicted molar refractivity (Wildman–Crippen MR) is 130 cm³/mol. The summed E-state index contributed by atoms with van der Waals surface area (Å²) in [5, 5.41) is -0.916. The largest absolute Gasteiger partial charge is 0.494 e. The first kappa shape index (κ1) is 30.3. The van der Waals surface area contributed by atoms with E-state index in [1.54, 1.807) is 0 Å². The first-order chi connectivity index (χ1) is 18.1. The van der Waals surface area contributed by atoms with E-state index in [4.69, 9.17) is 39.5 Å². The number of hydrazine groups is 1. The van der Waals surface area contributed by atoms with Crippen LogP contribution in [-0.4, -0.2) is 29.2 Å². The Labute approximate surface area is 230 Å². The van der Waals surface area contributed by atoms with E-state index in [0.29, 0.717) is 6.07 Å². The number of aromatic nitrogens is 2. The number of carbonyl (C=O) groups is 1. The molecular formula is C23H14Cl3F7N4O2. The Hall–Kier alpha value is -3.29.